The van der Waals surface area contributed by atoms with E-state index in [-0.39, 0.29) is 36.0 Å². The third kappa shape index (κ3) is 4.30. The van der Waals surface area contributed by atoms with Crippen molar-refractivity contribution >= 4 is 11.8 Å². The van der Waals surface area contributed by atoms with Gasteiger partial charge in [0.15, 0.2) is 5.69 Å². The molecule has 0 saturated carbocycles. The van der Waals surface area contributed by atoms with Gasteiger partial charge >= 0.3 is 0 Å². The molecule has 2 atom stereocenters. The van der Waals surface area contributed by atoms with Crippen LogP contribution in [0.4, 0.5) is 0 Å². The van der Waals surface area contributed by atoms with Crippen molar-refractivity contribution in [3.05, 3.63) is 17.5 Å². The summed E-state index contributed by atoms with van der Waals surface area (Å²) in [5.41, 5.74) is 0.221. The molecule has 22 heavy (non-hydrogen) atoms. The van der Waals surface area contributed by atoms with Crippen molar-refractivity contribution in [2.45, 2.75) is 45.8 Å². The maximum Gasteiger partial charge on any atom is 0.276 e. The first kappa shape index (κ1) is 16.5. The maximum absolute atomic E-state index is 12.3. The molecule has 2 rings (SSSR count). The zero-order chi connectivity index (χ0) is 16.3. The summed E-state index contributed by atoms with van der Waals surface area (Å²) >= 11 is 0. The van der Waals surface area contributed by atoms with E-state index in [4.69, 9.17) is 4.52 Å². The van der Waals surface area contributed by atoms with Crippen LogP contribution in [0.2, 0.25) is 0 Å². The lowest BCUT2D eigenvalue weighted by Crippen LogP contribution is -2.54. The fourth-order valence-corrected chi connectivity index (χ4v) is 2.63. The van der Waals surface area contributed by atoms with Crippen LogP contribution in [0.3, 0.4) is 0 Å². The number of hydrogen-bond acceptors (Lipinski definition) is 5. The van der Waals surface area contributed by atoms with Crippen LogP contribution in [0.5, 0.6) is 0 Å². The quantitative estimate of drug-likeness (QED) is 0.854. The fraction of sp³-hybridized carbons (Fsp3) is 0.667. The van der Waals surface area contributed by atoms with Crippen LogP contribution in [0, 0.1) is 12.8 Å². The number of carbonyl (C=O) groups is 2. The highest BCUT2D eigenvalue weighted by molar-refractivity contribution is 5.92. The van der Waals surface area contributed by atoms with Crippen LogP contribution >= 0.6 is 0 Å². The van der Waals surface area contributed by atoms with Crippen molar-refractivity contribution in [1.82, 2.24) is 15.4 Å². The van der Waals surface area contributed by atoms with Gasteiger partial charge in [0.05, 0.1) is 6.10 Å². The Kier molecular flexibility index (Phi) is 5.18. The number of nitrogens with zero attached hydrogens (tertiary/aromatic N) is 2. The van der Waals surface area contributed by atoms with E-state index in [1.165, 1.54) is 4.90 Å². The van der Waals surface area contributed by atoms with E-state index in [2.05, 4.69) is 10.5 Å². The van der Waals surface area contributed by atoms with Crippen LogP contribution in [-0.2, 0) is 4.79 Å². The summed E-state index contributed by atoms with van der Waals surface area (Å²) in [5.74, 6) is 0.476. The lowest BCUT2D eigenvalue weighted by atomic mass is 10.0. The number of β-amino-alcohol motifs (C(OH)–C–C–N with tert-alkyl or cyclic N) is 1. The highest BCUT2D eigenvalue weighted by Gasteiger charge is 2.31. The lowest BCUT2D eigenvalue weighted by Gasteiger charge is -2.35. The van der Waals surface area contributed by atoms with Gasteiger partial charge in [0.25, 0.3) is 5.91 Å². The van der Waals surface area contributed by atoms with Crippen LogP contribution in [0.1, 0.15) is 42.9 Å². The molecule has 1 aliphatic heterocycles. The van der Waals surface area contributed by atoms with Crippen molar-refractivity contribution in [2.24, 2.45) is 5.92 Å². The third-order valence-electron chi connectivity index (χ3n) is 3.52. The van der Waals surface area contributed by atoms with Gasteiger partial charge in [-0.3, -0.25) is 9.59 Å². The molecule has 1 aromatic heterocycles. The van der Waals surface area contributed by atoms with Crippen molar-refractivity contribution in [3.8, 4) is 0 Å². The van der Waals surface area contributed by atoms with Crippen molar-refractivity contribution < 1.29 is 19.2 Å². The number of aromatic nitrogens is 1. The van der Waals surface area contributed by atoms with Gasteiger partial charge in [0, 0.05) is 31.6 Å². The molecule has 1 fully saturated rings. The van der Waals surface area contributed by atoms with Gasteiger partial charge in [-0.15, -0.1) is 0 Å². The molecule has 7 heteroatoms. The molecule has 7 nitrogen and oxygen atoms in total. The Morgan fingerprint density at radius 3 is 2.82 bits per heavy atom. The number of aliphatic hydroxyl groups excluding tert-OH is 1. The topological polar surface area (TPSA) is 95.7 Å². The third-order valence-corrected chi connectivity index (χ3v) is 3.52. The van der Waals surface area contributed by atoms with Gasteiger partial charge in [0.1, 0.15) is 5.76 Å². The maximum atomic E-state index is 12.3. The number of aryl methyl sites for hydroxylation is 1. The number of piperidine rings is 1. The van der Waals surface area contributed by atoms with E-state index in [0.29, 0.717) is 25.1 Å². The van der Waals surface area contributed by atoms with Gasteiger partial charge in [-0.1, -0.05) is 19.0 Å². The second-order valence-electron chi connectivity index (χ2n) is 6.28. The molecule has 0 radical (unpaired) electrons. The summed E-state index contributed by atoms with van der Waals surface area (Å²) in [5, 5.41) is 16.5. The second kappa shape index (κ2) is 6.91. The first-order chi connectivity index (χ1) is 10.3. The summed E-state index contributed by atoms with van der Waals surface area (Å²) in [4.78, 5) is 25.7. The van der Waals surface area contributed by atoms with E-state index in [1.807, 2.05) is 13.8 Å². The van der Waals surface area contributed by atoms with E-state index in [9.17, 15) is 14.7 Å². The Hall–Kier alpha value is -1.89. The van der Waals surface area contributed by atoms with Crippen molar-refractivity contribution in [2.75, 3.05) is 13.1 Å². The largest absolute Gasteiger partial charge is 0.391 e. The number of amides is 2. The predicted molar refractivity (Wildman–Crippen MR) is 79.2 cm³/mol. The monoisotopic (exact) mass is 309 g/mol. The fourth-order valence-electron chi connectivity index (χ4n) is 2.63. The van der Waals surface area contributed by atoms with Gasteiger partial charge in [-0.25, -0.2) is 0 Å². The molecule has 122 valence electrons. The van der Waals surface area contributed by atoms with Crippen LogP contribution < -0.4 is 5.32 Å². The molecule has 1 aromatic rings. The summed E-state index contributed by atoms with van der Waals surface area (Å²) < 4.78 is 4.91. The standard InChI is InChI=1S/C15H23N3O4/c1-9(2)4-14(20)16-11-6-12(19)8-18(7-11)15(21)13-5-10(3)22-17-13/h5,9,11-12,19H,4,6-8H2,1-3H3,(H,16,20)/t11-,12+/m0/s1. The summed E-state index contributed by atoms with van der Waals surface area (Å²) in [6.07, 6.45) is 0.226. The Morgan fingerprint density at radius 1 is 1.50 bits per heavy atom. The molecular weight excluding hydrogens is 286 g/mol. The average molecular weight is 309 g/mol. The minimum atomic E-state index is -0.657. The molecule has 0 aliphatic carbocycles. The van der Waals surface area contributed by atoms with Gasteiger partial charge in [-0.05, 0) is 19.3 Å². The van der Waals surface area contributed by atoms with E-state index >= 15 is 0 Å². The molecular formula is C15H23N3O4. The molecule has 0 unspecified atom stereocenters. The molecule has 0 bridgehead atoms. The number of likely N-dealkylation sites (tertiary alicyclic amines) is 1. The minimum absolute atomic E-state index is 0.0567. The van der Waals surface area contributed by atoms with Crippen molar-refractivity contribution in [3.63, 3.8) is 0 Å². The summed E-state index contributed by atoms with van der Waals surface area (Å²) in [7, 11) is 0. The molecule has 2 N–H and O–H groups in total. The van der Waals surface area contributed by atoms with Crippen LogP contribution in [0.15, 0.2) is 10.6 Å². The number of aliphatic hydroxyl groups is 1. The Bertz CT molecular complexity index is 541. The second-order valence-corrected chi connectivity index (χ2v) is 6.28. The molecule has 1 saturated heterocycles. The Morgan fingerprint density at radius 2 is 2.23 bits per heavy atom. The van der Waals surface area contributed by atoms with E-state index < -0.39 is 6.10 Å². The normalized spacial score (nSPS) is 22.0. The SMILES string of the molecule is Cc1cc(C(=O)N2C[C@H](O)C[C@H](NC(=O)CC(C)C)C2)no1. The number of rotatable bonds is 4. The number of nitrogens with one attached hydrogen (secondary N) is 1. The predicted octanol–water partition coefficient (Wildman–Crippen LogP) is 0.721. The minimum Gasteiger partial charge on any atom is -0.391 e. The number of carbonyl (C=O) groups excluding carboxylic acids is 2. The zero-order valence-corrected chi connectivity index (χ0v) is 13.2. The summed E-state index contributed by atoms with van der Waals surface area (Å²) in [6.45, 7) is 6.26. The molecule has 2 heterocycles. The smallest absolute Gasteiger partial charge is 0.276 e. The van der Waals surface area contributed by atoms with E-state index in [0.717, 1.165) is 0 Å². The van der Waals surface area contributed by atoms with Gasteiger partial charge in [-0.2, -0.15) is 0 Å². The van der Waals surface area contributed by atoms with E-state index in [1.54, 1.807) is 13.0 Å². The van der Waals surface area contributed by atoms with Gasteiger partial charge in [0.2, 0.25) is 5.91 Å². The lowest BCUT2D eigenvalue weighted by molar-refractivity contribution is -0.123. The molecule has 0 aromatic carbocycles. The number of hydrogen-bond donors (Lipinski definition) is 2. The Balaban J connectivity index is 1.98. The van der Waals surface area contributed by atoms with Crippen molar-refractivity contribution in [1.29, 1.82) is 0 Å². The first-order valence-electron chi connectivity index (χ1n) is 7.55. The molecule has 1 aliphatic rings. The highest BCUT2D eigenvalue weighted by atomic mass is 16.5. The zero-order valence-electron chi connectivity index (χ0n) is 13.2. The van der Waals surface area contributed by atoms with Crippen LogP contribution in [-0.4, -0.2) is 52.2 Å². The van der Waals surface area contributed by atoms with Crippen LogP contribution in [0.25, 0.3) is 0 Å². The van der Waals surface area contributed by atoms with Gasteiger partial charge < -0.3 is 19.8 Å². The summed E-state index contributed by atoms with van der Waals surface area (Å²) in [6, 6.07) is 1.32. The Labute approximate surface area is 129 Å². The first-order valence-corrected chi connectivity index (χ1v) is 7.55. The molecule has 2 amide bonds. The molecule has 0 spiro atoms. The highest BCUT2D eigenvalue weighted by Crippen LogP contribution is 2.15. The average Bonchev–Trinajstić information content (AvgIpc) is 2.82.